The molecule has 6 heteroatoms. The molecule has 0 aliphatic rings. The Morgan fingerprint density at radius 3 is 2.67 bits per heavy atom. The first-order valence-electron chi connectivity index (χ1n) is 7.83. The minimum absolute atomic E-state index is 0.240. The van der Waals surface area contributed by atoms with E-state index in [1.807, 2.05) is 0 Å². The van der Waals surface area contributed by atoms with Crippen LogP contribution in [0.15, 0.2) is 36.5 Å². The molecule has 1 heterocycles. The van der Waals surface area contributed by atoms with Crippen molar-refractivity contribution in [3.63, 3.8) is 0 Å². The van der Waals surface area contributed by atoms with E-state index in [4.69, 9.17) is 9.47 Å². The Kier molecular flexibility index (Phi) is 6.01. The first kappa shape index (κ1) is 17.6. The van der Waals surface area contributed by atoms with Gasteiger partial charge in [0.25, 0.3) is 5.91 Å². The lowest BCUT2D eigenvalue weighted by Gasteiger charge is -2.14. The Hall–Kier alpha value is -2.76. The summed E-state index contributed by atoms with van der Waals surface area (Å²) in [6, 6.07) is 8.93. The van der Waals surface area contributed by atoms with Gasteiger partial charge in [-0.25, -0.2) is 4.98 Å². The number of rotatable bonds is 7. The van der Waals surface area contributed by atoms with Crippen molar-refractivity contribution in [1.29, 1.82) is 0 Å². The zero-order chi connectivity index (χ0) is 17.5. The third kappa shape index (κ3) is 4.38. The molecule has 0 aliphatic heterocycles. The first-order valence-corrected chi connectivity index (χ1v) is 7.83. The molecule has 1 atom stereocenters. The van der Waals surface area contributed by atoms with Crippen molar-refractivity contribution in [2.45, 2.75) is 26.3 Å². The monoisotopic (exact) mass is 329 g/mol. The fraction of sp³-hybridized carbons (Fsp3) is 0.333. The van der Waals surface area contributed by atoms with E-state index in [9.17, 15) is 4.79 Å². The van der Waals surface area contributed by atoms with Crippen LogP contribution in [-0.4, -0.2) is 31.2 Å². The molecule has 1 amide bonds. The van der Waals surface area contributed by atoms with Gasteiger partial charge in [-0.3, -0.25) is 4.79 Å². The van der Waals surface area contributed by atoms with Gasteiger partial charge in [-0.2, -0.15) is 0 Å². The van der Waals surface area contributed by atoms with Crippen LogP contribution in [0, 0.1) is 0 Å². The van der Waals surface area contributed by atoms with E-state index >= 15 is 0 Å². The molecule has 0 aliphatic carbocycles. The summed E-state index contributed by atoms with van der Waals surface area (Å²) in [5, 5.41) is 6.10. The largest absolute Gasteiger partial charge is 0.497 e. The van der Waals surface area contributed by atoms with E-state index in [2.05, 4.69) is 29.5 Å². The summed E-state index contributed by atoms with van der Waals surface area (Å²) >= 11 is 0. The van der Waals surface area contributed by atoms with E-state index in [0.29, 0.717) is 28.6 Å². The standard InChI is InChI=1S/C18H23N3O3/c1-5-12(2)20-17-10-13(8-9-19-17)18(22)21-15-11-14(23-3)6-7-16(15)24-4/h6-12H,5H2,1-4H3,(H,19,20)(H,21,22). The van der Waals surface area contributed by atoms with E-state index < -0.39 is 0 Å². The molecular formula is C18H23N3O3. The molecule has 1 aromatic heterocycles. The molecule has 0 saturated heterocycles. The lowest BCUT2D eigenvalue weighted by atomic mass is 10.2. The molecule has 6 nitrogen and oxygen atoms in total. The first-order chi connectivity index (χ1) is 11.6. The summed E-state index contributed by atoms with van der Waals surface area (Å²) in [6.45, 7) is 4.15. The lowest BCUT2D eigenvalue weighted by Crippen LogP contribution is -2.16. The Labute approximate surface area is 142 Å². The quantitative estimate of drug-likeness (QED) is 0.812. The van der Waals surface area contributed by atoms with Gasteiger partial charge >= 0.3 is 0 Å². The van der Waals surface area contributed by atoms with Crippen LogP contribution in [0.4, 0.5) is 11.5 Å². The Balaban J connectivity index is 2.19. The number of anilines is 2. The van der Waals surface area contributed by atoms with Crippen LogP contribution < -0.4 is 20.1 Å². The molecule has 2 N–H and O–H groups in total. The van der Waals surface area contributed by atoms with E-state index in [1.54, 1.807) is 50.7 Å². The normalized spacial score (nSPS) is 11.5. The van der Waals surface area contributed by atoms with E-state index in [-0.39, 0.29) is 11.9 Å². The number of benzene rings is 1. The van der Waals surface area contributed by atoms with Gasteiger partial charge in [-0.1, -0.05) is 6.92 Å². The highest BCUT2D eigenvalue weighted by atomic mass is 16.5. The highest BCUT2D eigenvalue weighted by Crippen LogP contribution is 2.29. The summed E-state index contributed by atoms with van der Waals surface area (Å²) in [4.78, 5) is 16.8. The number of amides is 1. The summed E-state index contributed by atoms with van der Waals surface area (Å²) in [7, 11) is 3.13. The van der Waals surface area contributed by atoms with Gasteiger partial charge in [-0.05, 0) is 37.6 Å². The Morgan fingerprint density at radius 2 is 2.00 bits per heavy atom. The average Bonchev–Trinajstić information content (AvgIpc) is 2.61. The molecule has 128 valence electrons. The van der Waals surface area contributed by atoms with Gasteiger partial charge in [0.1, 0.15) is 17.3 Å². The molecule has 1 aromatic carbocycles. The smallest absolute Gasteiger partial charge is 0.255 e. The van der Waals surface area contributed by atoms with Gasteiger partial charge in [0, 0.05) is 23.9 Å². The molecule has 0 saturated carbocycles. The topological polar surface area (TPSA) is 72.5 Å². The Bertz CT molecular complexity index is 704. The van der Waals surface area contributed by atoms with Crippen molar-refractivity contribution in [3.8, 4) is 11.5 Å². The number of nitrogens with zero attached hydrogens (tertiary/aromatic N) is 1. The molecule has 2 rings (SSSR count). The van der Waals surface area contributed by atoms with Crippen molar-refractivity contribution < 1.29 is 14.3 Å². The predicted octanol–water partition coefficient (Wildman–Crippen LogP) is 3.56. The van der Waals surface area contributed by atoms with Crippen molar-refractivity contribution in [3.05, 3.63) is 42.1 Å². The SMILES string of the molecule is CCC(C)Nc1cc(C(=O)Nc2cc(OC)ccc2OC)ccn1. The van der Waals surface area contributed by atoms with Crippen molar-refractivity contribution >= 4 is 17.4 Å². The lowest BCUT2D eigenvalue weighted by molar-refractivity contribution is 0.102. The van der Waals surface area contributed by atoms with Crippen LogP contribution in [0.2, 0.25) is 0 Å². The number of methoxy groups -OCH3 is 2. The van der Waals surface area contributed by atoms with E-state index in [0.717, 1.165) is 6.42 Å². The van der Waals surface area contributed by atoms with Gasteiger partial charge in [0.05, 0.1) is 19.9 Å². The minimum atomic E-state index is -0.240. The number of nitrogens with one attached hydrogen (secondary N) is 2. The second-order valence-corrected chi connectivity index (χ2v) is 5.40. The summed E-state index contributed by atoms with van der Waals surface area (Å²) in [5.74, 6) is 1.64. The number of pyridine rings is 1. The zero-order valence-corrected chi connectivity index (χ0v) is 14.4. The predicted molar refractivity (Wildman–Crippen MR) is 95.1 cm³/mol. The molecular weight excluding hydrogens is 306 g/mol. The molecule has 1 unspecified atom stereocenters. The maximum atomic E-state index is 12.5. The number of ether oxygens (including phenoxy) is 2. The van der Waals surface area contributed by atoms with Gasteiger partial charge in [-0.15, -0.1) is 0 Å². The van der Waals surface area contributed by atoms with Crippen LogP contribution in [0.3, 0.4) is 0 Å². The second kappa shape index (κ2) is 8.19. The minimum Gasteiger partial charge on any atom is -0.497 e. The average molecular weight is 329 g/mol. The van der Waals surface area contributed by atoms with Crippen LogP contribution in [0.25, 0.3) is 0 Å². The fourth-order valence-corrected chi connectivity index (χ4v) is 2.11. The third-order valence-electron chi connectivity index (χ3n) is 3.68. The number of hydrogen-bond acceptors (Lipinski definition) is 5. The summed E-state index contributed by atoms with van der Waals surface area (Å²) < 4.78 is 10.5. The molecule has 0 fully saturated rings. The third-order valence-corrected chi connectivity index (χ3v) is 3.68. The maximum absolute atomic E-state index is 12.5. The molecule has 2 aromatic rings. The molecule has 24 heavy (non-hydrogen) atoms. The second-order valence-electron chi connectivity index (χ2n) is 5.40. The fourth-order valence-electron chi connectivity index (χ4n) is 2.11. The van der Waals surface area contributed by atoms with Gasteiger partial charge in [0.2, 0.25) is 0 Å². The van der Waals surface area contributed by atoms with Gasteiger partial charge < -0.3 is 20.1 Å². The Morgan fingerprint density at radius 1 is 1.21 bits per heavy atom. The number of carbonyl (C=O) groups is 1. The highest BCUT2D eigenvalue weighted by Gasteiger charge is 2.12. The molecule has 0 bridgehead atoms. The summed E-state index contributed by atoms with van der Waals surface area (Å²) in [6.07, 6.45) is 2.58. The number of aromatic nitrogens is 1. The molecule has 0 radical (unpaired) electrons. The van der Waals surface area contributed by atoms with Crippen molar-refractivity contribution in [2.24, 2.45) is 0 Å². The van der Waals surface area contributed by atoms with Crippen molar-refractivity contribution in [2.75, 3.05) is 24.9 Å². The van der Waals surface area contributed by atoms with Crippen molar-refractivity contribution in [1.82, 2.24) is 4.98 Å². The number of carbonyl (C=O) groups excluding carboxylic acids is 1. The highest BCUT2D eigenvalue weighted by molar-refractivity contribution is 6.05. The van der Waals surface area contributed by atoms with Crippen LogP contribution in [-0.2, 0) is 0 Å². The van der Waals surface area contributed by atoms with Crippen LogP contribution >= 0.6 is 0 Å². The van der Waals surface area contributed by atoms with E-state index in [1.165, 1.54) is 0 Å². The zero-order valence-electron chi connectivity index (χ0n) is 14.4. The van der Waals surface area contributed by atoms with Crippen LogP contribution in [0.1, 0.15) is 30.6 Å². The van der Waals surface area contributed by atoms with Crippen LogP contribution in [0.5, 0.6) is 11.5 Å². The molecule has 0 spiro atoms. The maximum Gasteiger partial charge on any atom is 0.255 e. The van der Waals surface area contributed by atoms with Gasteiger partial charge in [0.15, 0.2) is 0 Å². The summed E-state index contributed by atoms with van der Waals surface area (Å²) in [5.41, 5.74) is 1.07. The number of hydrogen-bond donors (Lipinski definition) is 2.